The van der Waals surface area contributed by atoms with E-state index in [1.165, 1.54) is 77.0 Å². The summed E-state index contributed by atoms with van der Waals surface area (Å²) in [6.07, 6.45) is 19.9. The van der Waals surface area contributed by atoms with Gasteiger partial charge in [-0.25, -0.2) is 0 Å². The fraction of sp³-hybridized carbons (Fsp3) is 0.357. The monoisotopic (exact) mass is 879 g/mol. The third-order valence-electron chi connectivity index (χ3n) is 13.6. The normalized spacial score (nSPS) is 14.7. The number of anilines is 3. The molecular formula is C56H64B2N4O4. The Kier molecular flexibility index (Phi) is 14.6. The van der Waals surface area contributed by atoms with Crippen LogP contribution in [0, 0.1) is 0 Å². The van der Waals surface area contributed by atoms with E-state index in [1.54, 1.807) is 0 Å². The summed E-state index contributed by atoms with van der Waals surface area (Å²) in [6, 6.07) is 36.6. The minimum absolute atomic E-state index is 0.0217. The van der Waals surface area contributed by atoms with Gasteiger partial charge in [0.15, 0.2) is 0 Å². The van der Waals surface area contributed by atoms with Crippen LogP contribution in [0.5, 0.6) is 11.5 Å². The van der Waals surface area contributed by atoms with Crippen molar-refractivity contribution in [3.8, 4) is 11.5 Å². The topological polar surface area (TPSA) is 104 Å². The van der Waals surface area contributed by atoms with Gasteiger partial charge < -0.3 is 35.2 Å². The summed E-state index contributed by atoms with van der Waals surface area (Å²) in [5, 5.41) is 28.6. The zero-order chi connectivity index (χ0) is 45.2. The van der Waals surface area contributed by atoms with Crippen LogP contribution in [0.2, 0.25) is 0 Å². The predicted molar refractivity (Wildman–Crippen MR) is 277 cm³/mol. The molecule has 0 unspecified atom stereocenters. The lowest BCUT2D eigenvalue weighted by Crippen LogP contribution is -2.49. The van der Waals surface area contributed by atoms with E-state index in [0.717, 1.165) is 86.7 Å². The van der Waals surface area contributed by atoms with Crippen molar-refractivity contribution in [2.45, 2.75) is 117 Å². The Labute approximate surface area is 391 Å². The maximum Gasteiger partial charge on any atom is 0.431 e. The van der Waals surface area contributed by atoms with Crippen molar-refractivity contribution >= 4 is 80.4 Å². The fourth-order valence-corrected chi connectivity index (χ4v) is 10.0. The highest BCUT2D eigenvalue weighted by atomic mass is 16.5. The molecule has 0 atom stereocenters. The highest BCUT2D eigenvalue weighted by molar-refractivity contribution is 6.81. The average Bonchev–Trinajstić information content (AvgIpc) is 3.34. The molecule has 10 heteroatoms. The molecule has 0 aromatic heterocycles. The number of ketones is 1. The predicted octanol–water partition coefficient (Wildman–Crippen LogP) is 11.4. The number of rotatable bonds is 23. The maximum atomic E-state index is 14.7. The Morgan fingerprint density at radius 2 is 1.08 bits per heavy atom. The third kappa shape index (κ3) is 9.56. The van der Waals surface area contributed by atoms with Crippen LogP contribution in [0.15, 0.2) is 120 Å². The second-order valence-electron chi connectivity index (χ2n) is 18.3. The molecule has 0 bridgehead atoms. The van der Waals surface area contributed by atoms with Crippen molar-refractivity contribution in [2.24, 2.45) is 4.90 Å². The molecule has 9 rings (SSSR count). The number of aliphatic hydroxyl groups is 1. The third-order valence-corrected chi connectivity index (χ3v) is 13.6. The van der Waals surface area contributed by atoms with Crippen molar-refractivity contribution in [2.75, 3.05) is 28.9 Å². The lowest BCUT2D eigenvalue weighted by Gasteiger charge is -2.31. The van der Waals surface area contributed by atoms with Gasteiger partial charge in [0.2, 0.25) is 5.78 Å². The van der Waals surface area contributed by atoms with Gasteiger partial charge in [-0.2, -0.15) is 0 Å². The number of allylic oxidation sites excluding steroid dienone is 2. The summed E-state index contributed by atoms with van der Waals surface area (Å²) < 4.78 is 12.9. The number of carbonyl (C=O) groups is 1. The minimum atomic E-state index is -0.454. The van der Waals surface area contributed by atoms with E-state index in [0.29, 0.717) is 34.9 Å². The van der Waals surface area contributed by atoms with Gasteiger partial charge in [0, 0.05) is 49.5 Å². The van der Waals surface area contributed by atoms with Gasteiger partial charge in [-0.3, -0.25) is 4.79 Å². The summed E-state index contributed by atoms with van der Waals surface area (Å²) in [6.45, 7) is 5.03. The second-order valence-corrected chi connectivity index (χ2v) is 18.3. The van der Waals surface area contributed by atoms with Gasteiger partial charge >= 0.3 is 14.0 Å². The number of nitrogens with one attached hydrogen (secondary N) is 3. The summed E-state index contributed by atoms with van der Waals surface area (Å²) in [7, 11) is 0. The fourth-order valence-electron chi connectivity index (χ4n) is 10.0. The molecule has 2 heterocycles. The molecule has 4 N–H and O–H groups in total. The molecule has 1 aliphatic carbocycles. The van der Waals surface area contributed by atoms with Gasteiger partial charge in [-0.1, -0.05) is 189 Å². The van der Waals surface area contributed by atoms with Gasteiger partial charge in [0.1, 0.15) is 17.3 Å². The second kappa shape index (κ2) is 21.4. The van der Waals surface area contributed by atoms with E-state index in [1.807, 2.05) is 72.8 Å². The molecular weight excluding hydrogens is 814 g/mol. The van der Waals surface area contributed by atoms with Crippen molar-refractivity contribution in [3.63, 3.8) is 0 Å². The van der Waals surface area contributed by atoms with Crippen LogP contribution in [0.3, 0.4) is 0 Å². The summed E-state index contributed by atoms with van der Waals surface area (Å²) >= 11 is 0. The molecule has 0 saturated heterocycles. The molecule has 3 aliphatic rings. The summed E-state index contributed by atoms with van der Waals surface area (Å²) in [5.74, 6) is 1.40. The highest BCUT2D eigenvalue weighted by Gasteiger charge is 2.40. The number of unbranched alkanes of at least 4 members (excludes halogenated alkanes) is 14. The van der Waals surface area contributed by atoms with Crippen molar-refractivity contribution in [3.05, 3.63) is 131 Å². The van der Waals surface area contributed by atoms with Gasteiger partial charge in [0.25, 0.3) is 0 Å². The molecule has 0 spiro atoms. The first-order valence-corrected chi connectivity index (χ1v) is 25.0. The Hall–Kier alpha value is -6.15. The number of aliphatic hydroxyl groups excluding tert-OH is 1. The first-order chi connectivity index (χ1) is 32.6. The van der Waals surface area contributed by atoms with E-state index in [9.17, 15) is 9.90 Å². The number of ether oxygens (including phenoxy) is 2. The van der Waals surface area contributed by atoms with Crippen LogP contribution < -0.4 is 46.7 Å². The quantitative estimate of drug-likeness (QED) is 0.0375. The first kappa shape index (κ1) is 45.0. The highest BCUT2D eigenvalue weighted by Crippen LogP contribution is 2.45. The van der Waals surface area contributed by atoms with Crippen molar-refractivity contribution < 1.29 is 19.4 Å². The zero-order valence-electron chi connectivity index (χ0n) is 38.9. The number of nitrogens with zero attached hydrogens (tertiary/aromatic N) is 1. The number of hydrogen-bond acceptors (Lipinski definition) is 8. The van der Waals surface area contributed by atoms with Gasteiger partial charge in [0.05, 0.1) is 29.7 Å². The number of benzene rings is 6. The Morgan fingerprint density at radius 1 is 0.530 bits per heavy atom. The van der Waals surface area contributed by atoms with Crippen LogP contribution in [0.1, 0.15) is 122 Å². The van der Waals surface area contributed by atoms with E-state index in [-0.39, 0.29) is 24.1 Å². The largest absolute Gasteiger partial charge is 0.506 e. The Bertz CT molecular complexity index is 2860. The SMILES string of the molecule is CCCCCCCCCCOc1ccccc1B1N=c2c(=C3C(=O)C(c4ccc5cccc6c5c4NB(c4ccccc4OCCCCCCCCCC)N6)=C3O)ccc3cccc(c23)N1. The Morgan fingerprint density at radius 3 is 1.71 bits per heavy atom. The molecule has 0 radical (unpaired) electrons. The molecule has 6 aromatic rings. The molecule has 0 saturated carbocycles. The molecule has 6 aromatic carbocycles. The lowest BCUT2D eigenvalue weighted by atomic mass is 9.65. The lowest BCUT2D eigenvalue weighted by molar-refractivity contribution is -0.109. The van der Waals surface area contributed by atoms with Crippen molar-refractivity contribution in [1.29, 1.82) is 0 Å². The smallest absolute Gasteiger partial charge is 0.431 e. The van der Waals surface area contributed by atoms with Crippen LogP contribution in [-0.2, 0) is 4.79 Å². The van der Waals surface area contributed by atoms with Crippen LogP contribution >= 0.6 is 0 Å². The standard InChI is InChI=1S/C56H64B2N4O4/c1-3-5-7-9-11-13-15-21-37-65-47-31-19-17-27-43(47)57-59-45-29-23-25-39-33-35-41(53(61-57)49(39)45)51-55(63)52(56(51)64)42-36-34-40-26-24-30-46-50(40)54(42)62-58(60-46)44-28-18-20-32-48(44)66-38-22-16-14-12-10-8-6-4-2/h17-20,23-36,59-61,63H,3-16,21-22,37-38H2,1-2H3. The molecule has 0 amide bonds. The minimum Gasteiger partial charge on any atom is -0.506 e. The first-order valence-electron chi connectivity index (χ1n) is 25.0. The number of Topliss-reactive ketones (excluding diaryl/α,β-unsaturated/α-hetero) is 1. The Balaban J connectivity index is 1.000. The van der Waals surface area contributed by atoms with Gasteiger partial charge in [-0.05, 0) is 47.9 Å². The molecule has 0 fully saturated rings. The molecule has 8 nitrogen and oxygen atoms in total. The number of carbonyl (C=O) groups excluding carboxylic acids is 1. The van der Waals surface area contributed by atoms with Gasteiger partial charge in [-0.15, -0.1) is 0 Å². The molecule has 2 aliphatic heterocycles. The molecule has 66 heavy (non-hydrogen) atoms. The molecule has 338 valence electrons. The average molecular weight is 879 g/mol. The summed E-state index contributed by atoms with van der Waals surface area (Å²) in [5.41, 5.74) is 5.84. The number of para-hydroxylation sites is 2. The summed E-state index contributed by atoms with van der Waals surface area (Å²) in [4.78, 5) is 20.0. The van der Waals surface area contributed by atoms with E-state index in [2.05, 4.69) is 65.9 Å². The van der Waals surface area contributed by atoms with E-state index in [4.69, 9.17) is 14.4 Å². The van der Waals surface area contributed by atoms with E-state index >= 15 is 0 Å². The van der Waals surface area contributed by atoms with Crippen LogP contribution in [0.25, 0.3) is 32.7 Å². The maximum absolute atomic E-state index is 14.7. The van der Waals surface area contributed by atoms with Crippen LogP contribution in [0.4, 0.5) is 17.1 Å². The van der Waals surface area contributed by atoms with Crippen LogP contribution in [-0.4, -0.2) is 38.1 Å². The number of hydrogen-bond donors (Lipinski definition) is 4. The van der Waals surface area contributed by atoms with E-state index < -0.39 is 6.98 Å². The van der Waals surface area contributed by atoms with Crippen molar-refractivity contribution in [1.82, 2.24) is 0 Å². The zero-order valence-corrected chi connectivity index (χ0v) is 38.9.